The van der Waals surface area contributed by atoms with Gasteiger partial charge in [0, 0.05) is 29.0 Å². The second-order valence-corrected chi connectivity index (χ2v) is 5.36. The Labute approximate surface area is 135 Å². The lowest BCUT2D eigenvalue weighted by atomic mass is 9.99. The number of aromatic nitrogens is 1. The normalized spacial score (nSPS) is 11.6. The Morgan fingerprint density at radius 2 is 1.67 bits per heavy atom. The molecule has 0 saturated heterocycles. The van der Waals surface area contributed by atoms with E-state index in [1.165, 1.54) is 6.20 Å². The summed E-state index contributed by atoms with van der Waals surface area (Å²) in [7, 11) is 0. The summed E-state index contributed by atoms with van der Waals surface area (Å²) < 4.78 is 38.4. The molecule has 3 aromatic rings. The molecular formula is C18H12F3NO2. The van der Waals surface area contributed by atoms with Gasteiger partial charge in [-0.15, -0.1) is 0 Å². The fourth-order valence-corrected chi connectivity index (χ4v) is 2.58. The number of hydrogen-bond donors (Lipinski definition) is 0. The van der Waals surface area contributed by atoms with Gasteiger partial charge < -0.3 is 5.21 Å². The van der Waals surface area contributed by atoms with Gasteiger partial charge in [-0.05, 0) is 24.3 Å². The Bertz CT molecular complexity index is 897. The molecule has 6 heteroatoms. The smallest absolute Gasteiger partial charge is 0.416 e. The standard InChI is InChI=1S/C18H12F3NO2/c19-18(20,21)15-8-6-12(7-9-15)16(23)11-14-4-1-3-13-5-2-10-22(24)17(13)14/h1-10H,11H2. The zero-order valence-electron chi connectivity index (χ0n) is 12.4. The molecule has 0 atom stereocenters. The first-order valence-corrected chi connectivity index (χ1v) is 7.16. The van der Waals surface area contributed by atoms with Crippen molar-refractivity contribution in [2.45, 2.75) is 12.6 Å². The minimum Gasteiger partial charge on any atom is -0.618 e. The highest BCUT2D eigenvalue weighted by atomic mass is 19.4. The number of carbonyl (C=O) groups is 1. The van der Waals surface area contributed by atoms with Gasteiger partial charge in [-0.2, -0.15) is 17.9 Å². The Hall–Kier alpha value is -2.89. The second kappa shape index (κ2) is 5.96. The summed E-state index contributed by atoms with van der Waals surface area (Å²) in [5, 5.41) is 12.7. The molecular weight excluding hydrogens is 319 g/mol. The van der Waals surface area contributed by atoms with Crippen LogP contribution in [0.4, 0.5) is 13.2 Å². The lowest BCUT2D eigenvalue weighted by molar-refractivity contribution is -0.577. The Morgan fingerprint density at radius 3 is 2.33 bits per heavy atom. The van der Waals surface area contributed by atoms with Gasteiger partial charge in [0.05, 0.1) is 5.56 Å². The van der Waals surface area contributed by atoms with Gasteiger partial charge in [0.25, 0.3) is 0 Å². The van der Waals surface area contributed by atoms with Crippen molar-refractivity contribution in [1.29, 1.82) is 0 Å². The molecule has 24 heavy (non-hydrogen) atoms. The summed E-state index contributed by atoms with van der Waals surface area (Å²) in [5.41, 5.74) is 0.295. The van der Waals surface area contributed by atoms with Crippen molar-refractivity contribution in [3.8, 4) is 0 Å². The Morgan fingerprint density at radius 1 is 1.00 bits per heavy atom. The van der Waals surface area contributed by atoms with Crippen molar-refractivity contribution >= 4 is 16.7 Å². The molecule has 0 saturated carbocycles. The largest absolute Gasteiger partial charge is 0.618 e. The number of alkyl halides is 3. The van der Waals surface area contributed by atoms with Gasteiger partial charge in [0.1, 0.15) is 0 Å². The third-order valence-electron chi connectivity index (χ3n) is 3.75. The number of carbonyl (C=O) groups excluding carboxylic acids is 1. The molecule has 0 unspecified atom stereocenters. The predicted molar refractivity (Wildman–Crippen MR) is 82.4 cm³/mol. The number of para-hydroxylation sites is 1. The number of benzene rings is 2. The summed E-state index contributed by atoms with van der Waals surface area (Å²) in [5.74, 6) is -0.347. The van der Waals surface area contributed by atoms with Crippen LogP contribution < -0.4 is 4.73 Å². The third kappa shape index (κ3) is 3.08. The molecule has 0 bridgehead atoms. The first kappa shape index (κ1) is 16.0. The van der Waals surface area contributed by atoms with Crippen LogP contribution in [0.2, 0.25) is 0 Å². The molecule has 1 aromatic heterocycles. The van der Waals surface area contributed by atoms with Crippen LogP contribution >= 0.6 is 0 Å². The van der Waals surface area contributed by atoms with Crippen LogP contribution in [0.5, 0.6) is 0 Å². The van der Waals surface area contributed by atoms with Crippen LogP contribution in [-0.4, -0.2) is 5.78 Å². The van der Waals surface area contributed by atoms with Gasteiger partial charge in [0.2, 0.25) is 5.52 Å². The van der Waals surface area contributed by atoms with E-state index in [4.69, 9.17) is 0 Å². The van der Waals surface area contributed by atoms with Gasteiger partial charge >= 0.3 is 6.18 Å². The van der Waals surface area contributed by atoms with Crippen molar-refractivity contribution in [3.63, 3.8) is 0 Å². The molecule has 0 aliphatic rings. The molecule has 0 aliphatic carbocycles. The maximum atomic E-state index is 12.6. The lowest BCUT2D eigenvalue weighted by Gasteiger charge is -2.08. The number of hydrogen-bond acceptors (Lipinski definition) is 2. The Kier molecular flexibility index (Phi) is 3.97. The van der Waals surface area contributed by atoms with Crippen LogP contribution in [-0.2, 0) is 12.6 Å². The molecule has 0 spiro atoms. The highest BCUT2D eigenvalue weighted by molar-refractivity contribution is 5.99. The molecule has 0 radical (unpaired) electrons. The molecule has 2 aromatic carbocycles. The minimum absolute atomic E-state index is 0.0606. The van der Waals surface area contributed by atoms with Crippen LogP contribution in [0.3, 0.4) is 0 Å². The summed E-state index contributed by atoms with van der Waals surface area (Å²) in [6.45, 7) is 0. The Balaban J connectivity index is 1.91. The van der Waals surface area contributed by atoms with Crippen molar-refractivity contribution in [3.05, 3.63) is 82.7 Å². The van der Waals surface area contributed by atoms with Gasteiger partial charge in [-0.3, -0.25) is 4.79 Å². The number of pyridine rings is 1. The summed E-state index contributed by atoms with van der Waals surface area (Å²) >= 11 is 0. The monoisotopic (exact) mass is 331 g/mol. The van der Waals surface area contributed by atoms with E-state index in [-0.39, 0.29) is 17.8 Å². The summed E-state index contributed by atoms with van der Waals surface area (Å²) in [6.07, 6.45) is -3.16. The number of ketones is 1. The molecule has 0 amide bonds. The van der Waals surface area contributed by atoms with E-state index in [1.807, 2.05) is 0 Å². The molecule has 122 valence electrons. The van der Waals surface area contributed by atoms with Crippen LogP contribution in [0.15, 0.2) is 60.8 Å². The van der Waals surface area contributed by atoms with E-state index in [9.17, 15) is 23.2 Å². The van der Waals surface area contributed by atoms with Crippen LogP contribution in [0.25, 0.3) is 10.9 Å². The highest BCUT2D eigenvalue weighted by Crippen LogP contribution is 2.29. The fourth-order valence-electron chi connectivity index (χ4n) is 2.58. The van der Waals surface area contributed by atoms with Gasteiger partial charge in [-0.1, -0.05) is 24.3 Å². The van der Waals surface area contributed by atoms with Gasteiger partial charge in [0.15, 0.2) is 12.0 Å². The SMILES string of the molecule is O=C(Cc1cccc2ccc[n+]([O-])c12)c1ccc(C(F)(F)F)cc1. The number of fused-ring (bicyclic) bond motifs is 1. The maximum Gasteiger partial charge on any atom is 0.416 e. The van der Waals surface area contributed by atoms with Crippen LogP contribution in [0.1, 0.15) is 21.5 Å². The predicted octanol–water partition coefficient (Wildman–Crippen LogP) is 3.92. The third-order valence-corrected chi connectivity index (χ3v) is 3.75. The van der Waals surface area contributed by atoms with Crippen LogP contribution in [0, 0.1) is 5.21 Å². The number of rotatable bonds is 3. The molecule has 0 aliphatic heterocycles. The quantitative estimate of drug-likeness (QED) is 0.415. The molecule has 0 N–H and O–H groups in total. The molecule has 3 nitrogen and oxygen atoms in total. The van der Waals surface area contributed by atoms with E-state index in [0.29, 0.717) is 21.2 Å². The average Bonchev–Trinajstić information content (AvgIpc) is 2.54. The number of Topliss-reactive ketones (excluding diaryl/α,β-unsaturated/α-hetero) is 1. The van der Waals surface area contributed by atoms with Crippen molar-refractivity contribution in [1.82, 2.24) is 0 Å². The maximum absolute atomic E-state index is 12.6. The number of halogens is 3. The molecule has 0 fully saturated rings. The van der Waals surface area contributed by atoms with E-state index in [2.05, 4.69) is 0 Å². The first-order chi connectivity index (χ1) is 11.4. The topological polar surface area (TPSA) is 44.0 Å². The van der Waals surface area contributed by atoms with E-state index < -0.39 is 11.7 Å². The number of nitrogens with zero attached hydrogens (tertiary/aromatic N) is 1. The highest BCUT2D eigenvalue weighted by Gasteiger charge is 2.30. The zero-order chi connectivity index (χ0) is 17.3. The van der Waals surface area contributed by atoms with Crippen molar-refractivity contribution < 1.29 is 22.7 Å². The second-order valence-electron chi connectivity index (χ2n) is 5.36. The van der Waals surface area contributed by atoms with Gasteiger partial charge in [-0.25, -0.2) is 0 Å². The lowest BCUT2D eigenvalue weighted by Crippen LogP contribution is -2.27. The average molecular weight is 331 g/mol. The molecule has 3 rings (SSSR count). The van der Waals surface area contributed by atoms with Crippen molar-refractivity contribution in [2.75, 3.05) is 0 Å². The summed E-state index contributed by atoms with van der Waals surface area (Å²) in [4.78, 5) is 12.3. The van der Waals surface area contributed by atoms with E-state index in [1.54, 1.807) is 30.3 Å². The summed E-state index contributed by atoms with van der Waals surface area (Å²) in [6, 6.07) is 12.6. The van der Waals surface area contributed by atoms with Crippen molar-refractivity contribution in [2.24, 2.45) is 0 Å². The van der Waals surface area contributed by atoms with E-state index >= 15 is 0 Å². The first-order valence-electron chi connectivity index (χ1n) is 7.16. The molecule has 1 heterocycles. The fraction of sp³-hybridized carbons (Fsp3) is 0.111. The van der Waals surface area contributed by atoms with E-state index in [0.717, 1.165) is 24.3 Å². The zero-order valence-corrected chi connectivity index (χ0v) is 12.4. The minimum atomic E-state index is -4.44.